The van der Waals surface area contributed by atoms with Crippen LogP contribution in [0.2, 0.25) is 0 Å². The summed E-state index contributed by atoms with van der Waals surface area (Å²) < 4.78 is 5.39. The van der Waals surface area contributed by atoms with Gasteiger partial charge in [-0.3, -0.25) is 0 Å². The van der Waals surface area contributed by atoms with Gasteiger partial charge in [-0.1, -0.05) is 31.8 Å². The maximum absolute atomic E-state index is 12.5. The summed E-state index contributed by atoms with van der Waals surface area (Å²) >= 11 is 0. The molecule has 0 aromatic carbocycles. The van der Waals surface area contributed by atoms with Crippen molar-refractivity contribution >= 4 is 5.97 Å². The van der Waals surface area contributed by atoms with Crippen molar-refractivity contribution in [2.24, 2.45) is 0 Å². The first kappa shape index (κ1) is 17.8. The van der Waals surface area contributed by atoms with Crippen molar-refractivity contribution in [3.05, 3.63) is 12.3 Å². The van der Waals surface area contributed by atoms with Gasteiger partial charge in [0, 0.05) is 12.6 Å². The molecule has 0 bridgehead atoms. The van der Waals surface area contributed by atoms with E-state index in [0.717, 1.165) is 32.0 Å². The van der Waals surface area contributed by atoms with Gasteiger partial charge < -0.3 is 14.5 Å². The summed E-state index contributed by atoms with van der Waals surface area (Å²) in [5.74, 6) is -0.0188. The van der Waals surface area contributed by atoms with E-state index in [-0.39, 0.29) is 11.5 Å². The van der Waals surface area contributed by atoms with E-state index in [1.165, 1.54) is 57.9 Å². The van der Waals surface area contributed by atoms with Gasteiger partial charge in [0.2, 0.25) is 0 Å². The summed E-state index contributed by atoms with van der Waals surface area (Å²) in [7, 11) is 0. The van der Waals surface area contributed by atoms with Crippen molar-refractivity contribution in [2.75, 3.05) is 26.2 Å². The van der Waals surface area contributed by atoms with Gasteiger partial charge in [-0.25, -0.2) is 4.79 Å². The Kier molecular flexibility index (Phi) is 6.20. The molecule has 0 spiro atoms. The maximum atomic E-state index is 12.5. The van der Waals surface area contributed by atoms with E-state index in [4.69, 9.17) is 4.74 Å². The number of carbonyl (C=O) groups is 1. The molecular weight excluding hydrogens is 300 g/mol. The van der Waals surface area contributed by atoms with E-state index in [1.54, 1.807) is 0 Å². The highest BCUT2D eigenvalue weighted by Gasteiger charge is 2.57. The second-order valence-electron chi connectivity index (χ2n) is 7.69. The topological polar surface area (TPSA) is 32.5 Å². The van der Waals surface area contributed by atoms with Gasteiger partial charge >= 0.3 is 5.97 Å². The van der Waals surface area contributed by atoms with E-state index in [1.807, 2.05) is 6.92 Å². The number of rotatable bonds is 2. The number of hydrogen-bond acceptors (Lipinski definition) is 4. The predicted octanol–water partition coefficient (Wildman–Crippen LogP) is 3.72. The van der Waals surface area contributed by atoms with E-state index in [0.29, 0.717) is 6.61 Å². The summed E-state index contributed by atoms with van der Waals surface area (Å²) in [6, 6.07) is 0.747. The average Bonchev–Trinajstić information content (AvgIpc) is 3.11. The van der Waals surface area contributed by atoms with Crippen molar-refractivity contribution in [3.8, 4) is 0 Å². The van der Waals surface area contributed by atoms with E-state index >= 15 is 0 Å². The molecule has 3 aliphatic heterocycles. The second-order valence-corrected chi connectivity index (χ2v) is 7.69. The number of ether oxygens (including phenoxy) is 1. The van der Waals surface area contributed by atoms with E-state index < -0.39 is 0 Å². The first-order valence-electron chi connectivity index (χ1n) is 10.1. The van der Waals surface area contributed by atoms with Gasteiger partial charge in [0.25, 0.3) is 0 Å². The number of hydrogen-bond donors (Lipinski definition) is 0. The average molecular weight is 335 g/mol. The van der Waals surface area contributed by atoms with Crippen LogP contribution in [0.5, 0.6) is 0 Å². The Morgan fingerprint density at radius 2 is 1.92 bits per heavy atom. The Hall–Kier alpha value is -1.03. The molecule has 0 amide bonds. The van der Waals surface area contributed by atoms with Crippen molar-refractivity contribution in [3.63, 3.8) is 0 Å². The number of esters is 1. The van der Waals surface area contributed by atoms with Crippen LogP contribution in [0.15, 0.2) is 12.3 Å². The normalized spacial score (nSPS) is 33.7. The molecule has 136 valence electrons. The third kappa shape index (κ3) is 4.14. The Bertz CT molecular complexity index is 451. The van der Waals surface area contributed by atoms with Crippen LogP contribution >= 0.6 is 0 Å². The van der Waals surface area contributed by atoms with Crippen molar-refractivity contribution in [1.82, 2.24) is 9.80 Å². The second kappa shape index (κ2) is 8.37. The molecule has 4 heteroatoms. The molecule has 2 unspecified atom stereocenters. The fraction of sp³-hybridized carbons (Fsp3) is 0.850. The summed E-state index contributed by atoms with van der Waals surface area (Å²) in [6.45, 7) is 5.46. The smallest absolute Gasteiger partial charge is 0.333 e. The SMILES string of the molecule is CCOC(=O)C12CCN3CCCC3CCCCCCC/C=C/N1C2. The summed E-state index contributed by atoms with van der Waals surface area (Å²) in [4.78, 5) is 17.4. The lowest BCUT2D eigenvalue weighted by Crippen LogP contribution is -2.38. The van der Waals surface area contributed by atoms with Gasteiger partial charge in [0.1, 0.15) is 0 Å². The Labute approximate surface area is 147 Å². The molecule has 0 N–H and O–H groups in total. The third-order valence-electron chi connectivity index (χ3n) is 6.04. The number of allylic oxidation sites excluding steroid dienone is 1. The molecule has 0 saturated carbocycles. The van der Waals surface area contributed by atoms with E-state index in [2.05, 4.69) is 22.1 Å². The molecule has 24 heavy (non-hydrogen) atoms. The van der Waals surface area contributed by atoms with Crippen LogP contribution in [-0.4, -0.2) is 53.6 Å². The third-order valence-corrected chi connectivity index (χ3v) is 6.04. The summed E-state index contributed by atoms with van der Waals surface area (Å²) in [5.41, 5.74) is -0.375. The molecule has 0 aliphatic carbocycles. The Morgan fingerprint density at radius 1 is 1.12 bits per heavy atom. The van der Waals surface area contributed by atoms with Crippen LogP contribution in [0.4, 0.5) is 0 Å². The highest BCUT2D eigenvalue weighted by Crippen LogP contribution is 2.39. The van der Waals surface area contributed by atoms with Crippen LogP contribution in [0, 0.1) is 0 Å². The Balaban J connectivity index is 1.66. The monoisotopic (exact) mass is 334 g/mol. The zero-order valence-electron chi connectivity index (χ0n) is 15.3. The fourth-order valence-corrected chi connectivity index (χ4v) is 4.43. The molecule has 3 heterocycles. The van der Waals surface area contributed by atoms with Crippen molar-refractivity contribution < 1.29 is 9.53 Å². The maximum Gasteiger partial charge on any atom is 0.333 e. The minimum Gasteiger partial charge on any atom is -0.464 e. The molecule has 3 rings (SSSR count). The largest absolute Gasteiger partial charge is 0.464 e. The lowest BCUT2D eigenvalue weighted by molar-refractivity contribution is -0.147. The highest BCUT2D eigenvalue weighted by atomic mass is 16.5. The number of fused-ring (bicyclic) bond motifs is 2. The minimum atomic E-state index is -0.375. The van der Waals surface area contributed by atoms with Gasteiger partial charge in [0.05, 0.1) is 13.2 Å². The molecule has 0 radical (unpaired) electrons. The lowest BCUT2D eigenvalue weighted by atomic mass is 10.0. The fourth-order valence-electron chi connectivity index (χ4n) is 4.43. The molecular formula is C20H34N2O2. The van der Waals surface area contributed by atoms with Crippen LogP contribution < -0.4 is 0 Å². The standard InChI is InChI=1S/C20H34N2O2/c1-2-24-19(23)20-13-16-21-14-10-12-18(21)11-8-6-4-3-5-7-9-15-22(20)17-20/h9,15,18H,2-8,10-14,16-17H2,1H3/b15-9+. The predicted molar refractivity (Wildman–Crippen MR) is 96.7 cm³/mol. The number of carbonyl (C=O) groups excluding carboxylic acids is 1. The van der Waals surface area contributed by atoms with Gasteiger partial charge in [-0.05, 0) is 58.2 Å². The first-order chi connectivity index (χ1) is 11.8. The summed E-state index contributed by atoms with van der Waals surface area (Å²) in [6.07, 6.45) is 17.2. The molecule has 4 nitrogen and oxygen atoms in total. The molecule has 0 aromatic heterocycles. The minimum absolute atomic E-state index is 0.0188. The lowest BCUT2D eigenvalue weighted by Gasteiger charge is -2.26. The highest BCUT2D eigenvalue weighted by molar-refractivity contribution is 5.85. The van der Waals surface area contributed by atoms with Gasteiger partial charge in [0.15, 0.2) is 5.54 Å². The van der Waals surface area contributed by atoms with Crippen molar-refractivity contribution in [2.45, 2.75) is 82.7 Å². The van der Waals surface area contributed by atoms with Crippen LogP contribution in [0.25, 0.3) is 0 Å². The van der Waals surface area contributed by atoms with Gasteiger partial charge in [-0.2, -0.15) is 0 Å². The molecule has 3 aliphatic rings. The first-order valence-corrected chi connectivity index (χ1v) is 10.1. The molecule has 2 atom stereocenters. The zero-order chi connectivity index (χ0) is 16.8. The van der Waals surface area contributed by atoms with Crippen LogP contribution in [0.3, 0.4) is 0 Å². The molecule has 2 saturated heterocycles. The molecule has 0 aromatic rings. The van der Waals surface area contributed by atoms with Gasteiger partial charge in [-0.15, -0.1) is 0 Å². The summed E-state index contributed by atoms with van der Waals surface area (Å²) in [5, 5.41) is 0. The Morgan fingerprint density at radius 3 is 2.79 bits per heavy atom. The van der Waals surface area contributed by atoms with Crippen molar-refractivity contribution in [1.29, 1.82) is 0 Å². The zero-order valence-corrected chi connectivity index (χ0v) is 15.3. The molecule has 2 fully saturated rings. The van der Waals surface area contributed by atoms with Crippen LogP contribution in [0.1, 0.15) is 71.1 Å². The number of nitrogens with zero attached hydrogens (tertiary/aromatic N) is 2. The van der Waals surface area contributed by atoms with Crippen LogP contribution in [-0.2, 0) is 9.53 Å². The quantitative estimate of drug-likeness (QED) is 0.569. The van der Waals surface area contributed by atoms with E-state index in [9.17, 15) is 4.79 Å².